The number of rotatable bonds is 6. The number of carbonyl (C=O) groups is 2. The molecule has 0 aliphatic heterocycles. The average Bonchev–Trinajstić information content (AvgIpc) is 2.73. The van der Waals surface area contributed by atoms with Crippen LogP contribution in [0.5, 0.6) is 0 Å². The summed E-state index contributed by atoms with van der Waals surface area (Å²) < 4.78 is 62.1. The summed E-state index contributed by atoms with van der Waals surface area (Å²) in [6.07, 6.45) is 0. The smallest absolute Gasteiger partial charge is 0.322 e. The van der Waals surface area contributed by atoms with Crippen molar-refractivity contribution in [3.05, 3.63) is 83.9 Å². The molecule has 0 spiro atoms. The van der Waals surface area contributed by atoms with Crippen LogP contribution >= 0.6 is 0 Å². The number of benzene rings is 3. The van der Waals surface area contributed by atoms with Crippen LogP contribution in [0.2, 0.25) is 0 Å². The summed E-state index contributed by atoms with van der Waals surface area (Å²) in [6.45, 7) is 0. The second-order valence-electron chi connectivity index (χ2n) is 6.48. The maximum atomic E-state index is 12.3. The summed E-state index contributed by atoms with van der Waals surface area (Å²) in [4.78, 5) is 24.1. The number of anilines is 2. The third kappa shape index (κ3) is 7.20. The molecule has 3 aromatic rings. The summed E-state index contributed by atoms with van der Waals surface area (Å²) >= 11 is 0. The van der Waals surface area contributed by atoms with Crippen LogP contribution in [0.1, 0.15) is 20.7 Å². The van der Waals surface area contributed by atoms with Crippen molar-refractivity contribution < 1.29 is 65.1 Å². The molecule has 0 fully saturated rings. The Morgan fingerprint density at radius 1 is 0.545 bits per heavy atom. The van der Waals surface area contributed by atoms with Crippen molar-refractivity contribution in [2.75, 3.05) is 10.6 Å². The van der Waals surface area contributed by atoms with Gasteiger partial charge < -0.3 is 10.6 Å². The van der Waals surface area contributed by atoms with Crippen molar-refractivity contribution in [3.63, 3.8) is 0 Å². The Morgan fingerprint density at radius 2 is 0.818 bits per heavy atom. The number of amides is 2. The largest absolute Gasteiger partial charge is 1.00 e. The van der Waals surface area contributed by atoms with Gasteiger partial charge >= 0.3 is 29.6 Å². The fourth-order valence-electron chi connectivity index (χ4n) is 2.60. The van der Waals surface area contributed by atoms with Gasteiger partial charge in [0.25, 0.3) is 32.1 Å². The van der Waals surface area contributed by atoms with Gasteiger partial charge in [-0.1, -0.05) is 0 Å². The van der Waals surface area contributed by atoms with Gasteiger partial charge in [0.05, 0.1) is 9.79 Å². The summed E-state index contributed by atoms with van der Waals surface area (Å²) in [6, 6.07) is 15.5. The minimum atomic E-state index is -4.33. The van der Waals surface area contributed by atoms with Gasteiger partial charge in [0.1, 0.15) is 0 Å². The molecule has 10 nitrogen and oxygen atoms in total. The monoisotopic (exact) mass is 499 g/mol. The first-order valence-corrected chi connectivity index (χ1v) is 11.7. The fraction of sp³-hybridized carbons (Fsp3) is 0. The van der Waals surface area contributed by atoms with Crippen LogP contribution in [0.4, 0.5) is 11.4 Å². The van der Waals surface area contributed by atoms with E-state index in [2.05, 4.69) is 10.6 Å². The number of nitrogens with one attached hydrogen (secondary N) is 2. The molecule has 0 heterocycles. The molecule has 0 aliphatic carbocycles. The molecule has 0 aromatic heterocycles. The Kier molecular flexibility index (Phi) is 8.54. The van der Waals surface area contributed by atoms with E-state index in [1.54, 1.807) is 0 Å². The zero-order valence-corrected chi connectivity index (χ0v) is 20.7. The van der Waals surface area contributed by atoms with Crippen molar-refractivity contribution in [1.29, 1.82) is 0 Å². The second-order valence-corrected chi connectivity index (χ2v) is 9.33. The molecule has 33 heavy (non-hydrogen) atoms. The van der Waals surface area contributed by atoms with Crippen LogP contribution in [-0.4, -0.2) is 37.8 Å². The van der Waals surface area contributed by atoms with Crippen molar-refractivity contribution in [1.82, 2.24) is 0 Å². The Hall–Kier alpha value is -2.58. The molecule has 2 amide bonds. The standard InChI is InChI=1S/C20H16N2O8S2.Na/c23-19(21-15-5-9-17(10-6-15)31(25,26)27)13-1-2-14(4-3-13)20(24)22-16-7-11-18(12-8-16)32(28,29)30;/h1-12H,(H,21,23)(H,22,24)(H,25,26,27)(H,28,29,30);/q;+1. The summed E-state index contributed by atoms with van der Waals surface area (Å²) in [5.74, 6) is -1.00. The van der Waals surface area contributed by atoms with Gasteiger partial charge in [0.15, 0.2) is 0 Å². The van der Waals surface area contributed by atoms with E-state index in [0.717, 1.165) is 24.3 Å². The molecule has 0 saturated heterocycles. The first-order chi connectivity index (χ1) is 14.9. The van der Waals surface area contributed by atoms with Crippen molar-refractivity contribution in [3.8, 4) is 0 Å². The molecular formula is C20H16N2NaO8S2+. The number of hydrogen-bond donors (Lipinski definition) is 4. The van der Waals surface area contributed by atoms with Gasteiger partial charge in [-0.2, -0.15) is 16.8 Å². The Bertz CT molecular complexity index is 1260. The van der Waals surface area contributed by atoms with Crippen molar-refractivity contribution >= 4 is 43.4 Å². The van der Waals surface area contributed by atoms with E-state index in [4.69, 9.17) is 9.11 Å². The second kappa shape index (κ2) is 10.6. The zero-order chi connectivity index (χ0) is 23.5. The molecule has 166 valence electrons. The maximum absolute atomic E-state index is 12.3. The van der Waals surface area contributed by atoms with Gasteiger partial charge in [0, 0.05) is 22.5 Å². The number of carbonyl (C=O) groups excluding carboxylic acids is 2. The van der Waals surface area contributed by atoms with E-state index < -0.39 is 32.1 Å². The van der Waals surface area contributed by atoms with E-state index in [-0.39, 0.29) is 50.5 Å². The van der Waals surface area contributed by atoms with Crippen LogP contribution in [-0.2, 0) is 20.2 Å². The molecule has 0 atom stereocenters. The molecule has 0 unspecified atom stereocenters. The molecule has 0 saturated carbocycles. The third-order valence-electron chi connectivity index (χ3n) is 4.23. The van der Waals surface area contributed by atoms with Crippen LogP contribution in [0.25, 0.3) is 0 Å². The van der Waals surface area contributed by atoms with Gasteiger partial charge in [-0.05, 0) is 72.8 Å². The number of hydrogen-bond acceptors (Lipinski definition) is 6. The van der Waals surface area contributed by atoms with E-state index in [0.29, 0.717) is 11.4 Å². The third-order valence-corrected chi connectivity index (χ3v) is 5.97. The van der Waals surface area contributed by atoms with Crippen LogP contribution in [0, 0.1) is 0 Å². The fourth-order valence-corrected chi connectivity index (χ4v) is 3.56. The van der Waals surface area contributed by atoms with Crippen molar-refractivity contribution in [2.24, 2.45) is 0 Å². The minimum Gasteiger partial charge on any atom is -0.322 e. The molecule has 4 N–H and O–H groups in total. The molecule has 0 radical (unpaired) electrons. The summed E-state index contributed by atoms with van der Waals surface area (Å²) in [5.41, 5.74) is 1.07. The van der Waals surface area contributed by atoms with Crippen LogP contribution in [0.3, 0.4) is 0 Å². The molecule has 3 aromatic carbocycles. The van der Waals surface area contributed by atoms with Gasteiger partial charge in [0.2, 0.25) is 0 Å². The SMILES string of the molecule is O=C(Nc1ccc(S(=O)(=O)O)cc1)c1ccc(C(=O)Nc2ccc(S(=O)(=O)O)cc2)cc1.[Na+]. The normalized spacial score (nSPS) is 11.2. The Balaban J connectivity index is 0.00000385. The average molecular weight is 499 g/mol. The molecule has 13 heteroatoms. The van der Waals surface area contributed by atoms with E-state index >= 15 is 0 Å². The zero-order valence-electron chi connectivity index (χ0n) is 17.1. The minimum absolute atomic E-state index is 0. The summed E-state index contributed by atoms with van der Waals surface area (Å²) in [5, 5.41) is 5.11. The van der Waals surface area contributed by atoms with E-state index in [1.165, 1.54) is 48.5 Å². The molecule has 3 rings (SSSR count). The van der Waals surface area contributed by atoms with Crippen LogP contribution in [0.15, 0.2) is 82.6 Å². The predicted molar refractivity (Wildman–Crippen MR) is 115 cm³/mol. The first-order valence-electron chi connectivity index (χ1n) is 8.81. The summed E-state index contributed by atoms with van der Waals surface area (Å²) in [7, 11) is -8.67. The molecular weight excluding hydrogens is 483 g/mol. The maximum Gasteiger partial charge on any atom is 1.00 e. The van der Waals surface area contributed by atoms with E-state index in [1.807, 2.05) is 0 Å². The van der Waals surface area contributed by atoms with Gasteiger partial charge in [-0.3, -0.25) is 18.7 Å². The van der Waals surface area contributed by atoms with Gasteiger partial charge in [-0.25, -0.2) is 0 Å². The molecule has 0 aliphatic rings. The van der Waals surface area contributed by atoms with Crippen molar-refractivity contribution in [2.45, 2.75) is 9.79 Å². The Morgan fingerprint density at radius 3 is 1.06 bits per heavy atom. The van der Waals surface area contributed by atoms with E-state index in [9.17, 15) is 26.4 Å². The van der Waals surface area contributed by atoms with Crippen LogP contribution < -0.4 is 40.2 Å². The Labute approximate surface area is 211 Å². The molecule has 0 bridgehead atoms. The topological polar surface area (TPSA) is 167 Å². The quantitative estimate of drug-likeness (QED) is 0.265. The first kappa shape index (κ1) is 26.7. The van der Waals surface area contributed by atoms with Gasteiger partial charge in [-0.15, -0.1) is 0 Å². The predicted octanol–water partition coefficient (Wildman–Crippen LogP) is -0.311.